The van der Waals surface area contributed by atoms with Gasteiger partial charge in [0, 0.05) is 18.0 Å². The van der Waals surface area contributed by atoms with E-state index in [1.165, 1.54) is 0 Å². The van der Waals surface area contributed by atoms with E-state index in [0.29, 0.717) is 0 Å². The van der Waals surface area contributed by atoms with Gasteiger partial charge in [0.25, 0.3) is 0 Å². The molecule has 1 aromatic carbocycles. The van der Waals surface area contributed by atoms with Crippen LogP contribution in [0.4, 0.5) is 0 Å². The second kappa shape index (κ2) is 6.61. The minimum Gasteiger partial charge on any atom is -0.324 e. The molecule has 0 bridgehead atoms. The van der Waals surface area contributed by atoms with E-state index in [-0.39, 0.29) is 11.3 Å². The summed E-state index contributed by atoms with van der Waals surface area (Å²) in [5.74, 6) is -0.541. The van der Waals surface area contributed by atoms with Crippen LogP contribution in [-0.2, 0) is 34.2 Å². The molecule has 0 saturated carbocycles. The van der Waals surface area contributed by atoms with Crippen molar-refractivity contribution >= 4 is 31.3 Å². The van der Waals surface area contributed by atoms with Crippen LogP contribution in [0.5, 0.6) is 0 Å². The van der Waals surface area contributed by atoms with E-state index in [0.717, 1.165) is 17.8 Å². The van der Waals surface area contributed by atoms with E-state index in [9.17, 15) is 22.4 Å². The van der Waals surface area contributed by atoms with Crippen molar-refractivity contribution in [2.45, 2.75) is 6.42 Å². The molecular weight excluding hydrogens is 366 g/mol. The van der Waals surface area contributed by atoms with E-state index in [4.69, 9.17) is 4.89 Å². The molecule has 11 heteroatoms. The van der Waals surface area contributed by atoms with Crippen LogP contribution in [0, 0.1) is 0 Å². The molecule has 0 heterocycles. The number of rotatable bonds is 7. The van der Waals surface area contributed by atoms with Crippen molar-refractivity contribution in [1.82, 2.24) is 0 Å². The summed E-state index contributed by atoms with van der Waals surface area (Å²) >= 11 is 0. The van der Waals surface area contributed by atoms with Crippen LogP contribution in [0.2, 0.25) is 0 Å². The molecular formula is C12H16O8P2S. The second-order valence-electron chi connectivity index (χ2n) is 4.99. The molecule has 2 N–H and O–H groups in total. The lowest BCUT2D eigenvalue weighted by Gasteiger charge is -2.13. The smallest absolute Gasteiger partial charge is 0.324 e. The Balaban J connectivity index is 1.96. The van der Waals surface area contributed by atoms with E-state index >= 15 is 0 Å². The van der Waals surface area contributed by atoms with Gasteiger partial charge in [0.15, 0.2) is 9.84 Å². The quantitative estimate of drug-likeness (QED) is 0.685. The number of phosphoric ester groups is 1. The van der Waals surface area contributed by atoms with Gasteiger partial charge in [0.2, 0.25) is 0 Å². The van der Waals surface area contributed by atoms with Crippen molar-refractivity contribution in [2.75, 3.05) is 19.0 Å². The van der Waals surface area contributed by atoms with Crippen LogP contribution in [0.3, 0.4) is 0 Å². The minimum absolute atomic E-state index is 0.194. The standard InChI is InChI=1S/C12H16O8P2S/c1-21(13,14)20-22(15,16)19-6-7-23(17,18)12-8-10-4-2-3-5-11(10)9-12/h2-5,8H,6-7,9H2,1H3,(H,13,14)(H,15,16). The lowest BCUT2D eigenvalue weighted by Crippen LogP contribution is -2.14. The highest BCUT2D eigenvalue weighted by Crippen LogP contribution is 2.57. The Morgan fingerprint density at radius 2 is 1.87 bits per heavy atom. The molecule has 0 saturated heterocycles. The molecule has 1 aliphatic rings. The Morgan fingerprint density at radius 1 is 1.22 bits per heavy atom. The van der Waals surface area contributed by atoms with Gasteiger partial charge in [-0.2, -0.15) is 0 Å². The summed E-state index contributed by atoms with van der Waals surface area (Å²) in [7, 11) is -12.7. The SMILES string of the molecule is CP(=O)(O)OP(=O)(O)OCCS(=O)(=O)C1=Cc2ccccc2C1. The summed E-state index contributed by atoms with van der Waals surface area (Å²) in [6.45, 7) is 0.0837. The van der Waals surface area contributed by atoms with Gasteiger partial charge >= 0.3 is 15.4 Å². The predicted molar refractivity (Wildman–Crippen MR) is 84.5 cm³/mol. The maximum absolute atomic E-state index is 12.2. The van der Waals surface area contributed by atoms with Crippen LogP contribution in [-0.4, -0.2) is 37.2 Å². The lowest BCUT2D eigenvalue weighted by molar-refractivity contribution is 0.206. The van der Waals surface area contributed by atoms with Crippen molar-refractivity contribution in [1.29, 1.82) is 0 Å². The summed E-state index contributed by atoms with van der Waals surface area (Å²) in [6, 6.07) is 7.22. The third kappa shape index (κ3) is 5.36. The maximum Gasteiger partial charge on any atom is 0.479 e. The normalized spacial score (nSPS) is 19.5. The molecule has 128 valence electrons. The van der Waals surface area contributed by atoms with Crippen molar-refractivity contribution < 1.29 is 36.2 Å². The highest BCUT2D eigenvalue weighted by Gasteiger charge is 2.31. The Morgan fingerprint density at radius 3 is 2.48 bits per heavy atom. The number of benzene rings is 1. The molecule has 0 aliphatic heterocycles. The first-order valence-corrected chi connectivity index (χ1v) is 11.7. The number of allylic oxidation sites excluding steroid dienone is 1. The first-order chi connectivity index (χ1) is 10.5. The molecule has 2 unspecified atom stereocenters. The van der Waals surface area contributed by atoms with Gasteiger partial charge in [-0.1, -0.05) is 24.3 Å². The van der Waals surface area contributed by atoms with Gasteiger partial charge in [0.05, 0.1) is 12.4 Å². The lowest BCUT2D eigenvalue weighted by atomic mass is 10.1. The summed E-state index contributed by atoms with van der Waals surface area (Å²) in [5.41, 5.74) is 1.70. The number of sulfone groups is 1. The fraction of sp³-hybridized carbons (Fsp3) is 0.333. The summed E-state index contributed by atoms with van der Waals surface area (Å²) in [6.07, 6.45) is 1.81. The van der Waals surface area contributed by atoms with Crippen LogP contribution in [0.25, 0.3) is 6.08 Å². The van der Waals surface area contributed by atoms with Crippen LogP contribution in [0.15, 0.2) is 29.2 Å². The molecule has 0 aromatic heterocycles. The largest absolute Gasteiger partial charge is 0.479 e. The molecule has 0 radical (unpaired) electrons. The van der Waals surface area contributed by atoms with Crippen molar-refractivity contribution in [3.63, 3.8) is 0 Å². The number of fused-ring (bicyclic) bond motifs is 1. The molecule has 0 fully saturated rings. The predicted octanol–water partition coefficient (Wildman–Crippen LogP) is 1.95. The maximum atomic E-state index is 12.2. The van der Waals surface area contributed by atoms with E-state index in [1.54, 1.807) is 18.2 Å². The zero-order valence-electron chi connectivity index (χ0n) is 12.2. The summed E-state index contributed by atoms with van der Waals surface area (Å²) in [4.78, 5) is 18.3. The Hall–Kier alpha value is -0.790. The zero-order valence-corrected chi connectivity index (χ0v) is 14.8. The van der Waals surface area contributed by atoms with E-state index in [2.05, 4.69) is 8.83 Å². The second-order valence-corrected chi connectivity index (χ2v) is 10.6. The molecule has 1 aliphatic carbocycles. The Bertz CT molecular complexity index is 823. The molecule has 23 heavy (non-hydrogen) atoms. The van der Waals surface area contributed by atoms with E-state index in [1.807, 2.05) is 12.1 Å². The van der Waals surface area contributed by atoms with Gasteiger partial charge in [-0.15, -0.1) is 0 Å². The van der Waals surface area contributed by atoms with Gasteiger partial charge in [-0.05, 0) is 17.2 Å². The van der Waals surface area contributed by atoms with Crippen molar-refractivity contribution in [3.8, 4) is 0 Å². The van der Waals surface area contributed by atoms with E-state index < -0.39 is 37.6 Å². The number of hydrogen-bond donors (Lipinski definition) is 2. The molecule has 0 spiro atoms. The monoisotopic (exact) mass is 382 g/mol. The number of hydrogen-bond acceptors (Lipinski definition) is 6. The third-order valence-corrected chi connectivity index (χ3v) is 7.31. The summed E-state index contributed by atoms with van der Waals surface area (Å²) < 4.78 is 55.2. The van der Waals surface area contributed by atoms with Crippen molar-refractivity contribution in [3.05, 3.63) is 40.3 Å². The molecule has 2 atom stereocenters. The van der Waals surface area contributed by atoms with Gasteiger partial charge in [-0.25, -0.2) is 17.3 Å². The zero-order chi connectivity index (χ0) is 17.3. The highest BCUT2D eigenvalue weighted by molar-refractivity contribution is 7.95. The number of phosphoric acid groups is 1. The van der Waals surface area contributed by atoms with Crippen molar-refractivity contribution in [2.24, 2.45) is 0 Å². The van der Waals surface area contributed by atoms with Crippen LogP contribution in [0.1, 0.15) is 11.1 Å². The first kappa shape index (κ1) is 18.5. The Labute approximate surface area is 133 Å². The minimum atomic E-state index is -4.79. The topological polar surface area (TPSA) is 127 Å². The Kier molecular flexibility index (Phi) is 5.33. The van der Waals surface area contributed by atoms with Gasteiger partial charge in [0.1, 0.15) is 0 Å². The average molecular weight is 382 g/mol. The molecule has 0 amide bonds. The van der Waals surface area contributed by atoms with Crippen LogP contribution < -0.4 is 0 Å². The molecule has 8 nitrogen and oxygen atoms in total. The third-order valence-electron chi connectivity index (χ3n) is 3.00. The first-order valence-electron chi connectivity index (χ1n) is 6.49. The van der Waals surface area contributed by atoms with Gasteiger partial charge < -0.3 is 9.79 Å². The van der Waals surface area contributed by atoms with Crippen LogP contribution >= 0.6 is 15.4 Å². The van der Waals surface area contributed by atoms with Gasteiger partial charge in [-0.3, -0.25) is 9.09 Å². The fourth-order valence-corrected chi connectivity index (χ4v) is 5.47. The fourth-order valence-electron chi connectivity index (χ4n) is 2.06. The molecule has 2 rings (SSSR count). The highest BCUT2D eigenvalue weighted by atomic mass is 32.2. The summed E-state index contributed by atoms with van der Waals surface area (Å²) in [5, 5.41) is 0. The molecule has 1 aromatic rings. The average Bonchev–Trinajstić information content (AvgIpc) is 2.79.